The Bertz CT molecular complexity index is 1250. The zero-order chi connectivity index (χ0) is 25.2. The highest BCUT2D eigenvalue weighted by Gasteiger charge is 2.35. The number of benzene rings is 1. The highest BCUT2D eigenvalue weighted by Crippen LogP contribution is 2.37. The molecule has 0 saturated heterocycles. The van der Waals surface area contributed by atoms with Crippen LogP contribution in [0.15, 0.2) is 42.7 Å². The number of nitrogens with zero attached hydrogens (tertiary/aromatic N) is 3. The number of aromatic nitrogens is 3. The second kappa shape index (κ2) is 9.47. The van der Waals surface area contributed by atoms with Crippen LogP contribution in [0.4, 0.5) is 17.5 Å². The molecule has 1 aliphatic rings. The number of carbonyl (C=O) groups excluding carboxylic acids is 1. The van der Waals surface area contributed by atoms with Crippen molar-refractivity contribution in [2.45, 2.75) is 31.7 Å². The van der Waals surface area contributed by atoms with E-state index in [2.05, 4.69) is 30.9 Å². The number of ether oxygens (including phenoxy) is 1. The van der Waals surface area contributed by atoms with Crippen molar-refractivity contribution in [1.82, 2.24) is 20.3 Å². The van der Waals surface area contributed by atoms with E-state index in [-0.39, 0.29) is 19.1 Å². The van der Waals surface area contributed by atoms with Crippen molar-refractivity contribution >= 4 is 23.4 Å². The monoisotopic (exact) mass is 478 g/mol. The van der Waals surface area contributed by atoms with Gasteiger partial charge in [-0.25, -0.2) is 15.0 Å². The van der Waals surface area contributed by atoms with Gasteiger partial charge in [0.1, 0.15) is 11.6 Å². The Balaban J connectivity index is 1.58. The maximum atomic E-state index is 12.6. The number of amides is 1. The molecule has 3 aromatic rings. The summed E-state index contributed by atoms with van der Waals surface area (Å²) >= 11 is 0. The number of nitrogens with one attached hydrogen (secondary N) is 3. The van der Waals surface area contributed by atoms with Crippen molar-refractivity contribution in [1.29, 1.82) is 0 Å². The number of pyridine rings is 1. The van der Waals surface area contributed by atoms with E-state index < -0.39 is 11.0 Å². The van der Waals surface area contributed by atoms with Crippen LogP contribution in [0.1, 0.15) is 36.7 Å². The van der Waals surface area contributed by atoms with Crippen molar-refractivity contribution in [3.05, 3.63) is 53.9 Å². The van der Waals surface area contributed by atoms with Crippen LogP contribution in [0.5, 0.6) is 5.75 Å². The summed E-state index contributed by atoms with van der Waals surface area (Å²) in [6, 6.07) is 8.77. The van der Waals surface area contributed by atoms with Crippen molar-refractivity contribution < 1.29 is 19.7 Å². The number of methoxy groups -OCH3 is 1. The minimum absolute atomic E-state index is 0.0139. The fraction of sp³-hybridized carbons (Fsp3) is 0.360. The summed E-state index contributed by atoms with van der Waals surface area (Å²) in [7, 11) is 1.51. The largest absolute Gasteiger partial charge is 0.495 e. The molecule has 1 amide bonds. The normalized spacial score (nSPS) is 16.9. The average Bonchev–Trinajstić information content (AvgIpc) is 3.20. The summed E-state index contributed by atoms with van der Waals surface area (Å²) in [6.07, 6.45) is 3.38. The molecule has 4 rings (SSSR count). The molecule has 1 atom stereocenters. The molecule has 10 nitrogen and oxygen atoms in total. The number of hydrogen-bond donors (Lipinski definition) is 5. The Morgan fingerprint density at radius 3 is 2.74 bits per heavy atom. The number of rotatable bonds is 8. The lowest BCUT2D eigenvalue weighted by Crippen LogP contribution is -2.46. The summed E-state index contributed by atoms with van der Waals surface area (Å²) in [5.41, 5.74) is 2.27. The highest BCUT2D eigenvalue weighted by molar-refractivity contribution is 5.95. The Kier molecular flexibility index (Phi) is 6.60. The summed E-state index contributed by atoms with van der Waals surface area (Å²) < 4.78 is 5.48. The molecule has 0 saturated carbocycles. The first kappa shape index (κ1) is 24.4. The Hall–Kier alpha value is -3.76. The zero-order valence-corrected chi connectivity index (χ0v) is 20.2. The molecule has 1 aromatic carbocycles. The smallest absolute Gasteiger partial charge is 0.251 e. The first-order chi connectivity index (χ1) is 16.7. The van der Waals surface area contributed by atoms with E-state index in [4.69, 9.17) is 4.74 Å². The van der Waals surface area contributed by atoms with Crippen molar-refractivity contribution in [2.75, 3.05) is 37.5 Å². The van der Waals surface area contributed by atoms with Crippen LogP contribution in [0.3, 0.4) is 0 Å². The maximum Gasteiger partial charge on any atom is 0.251 e. The molecule has 35 heavy (non-hydrogen) atoms. The minimum Gasteiger partial charge on any atom is -0.495 e. The maximum absolute atomic E-state index is 12.6. The molecule has 0 fully saturated rings. The van der Waals surface area contributed by atoms with Crippen molar-refractivity contribution in [2.24, 2.45) is 0 Å². The van der Waals surface area contributed by atoms with E-state index in [9.17, 15) is 15.0 Å². The summed E-state index contributed by atoms with van der Waals surface area (Å²) in [5, 5.41) is 28.4. The van der Waals surface area contributed by atoms with Gasteiger partial charge in [0.15, 0.2) is 0 Å². The lowest BCUT2D eigenvalue weighted by molar-refractivity contribution is 0.0869. The number of aliphatic hydroxyl groups is 2. The van der Waals surface area contributed by atoms with Gasteiger partial charge in [-0.1, -0.05) is 6.92 Å². The van der Waals surface area contributed by atoms with E-state index >= 15 is 0 Å². The second-order valence-corrected chi connectivity index (χ2v) is 9.49. The molecular weight excluding hydrogens is 448 g/mol. The van der Waals surface area contributed by atoms with E-state index in [1.54, 1.807) is 50.5 Å². The van der Waals surface area contributed by atoms with Crippen molar-refractivity contribution in [3.8, 4) is 17.0 Å². The zero-order valence-electron chi connectivity index (χ0n) is 20.2. The average molecular weight is 479 g/mol. The Morgan fingerprint density at radius 1 is 1.23 bits per heavy atom. The molecule has 0 radical (unpaired) electrons. The molecule has 3 heterocycles. The molecule has 10 heteroatoms. The molecule has 0 aliphatic carbocycles. The van der Waals surface area contributed by atoms with Crippen LogP contribution >= 0.6 is 0 Å². The van der Waals surface area contributed by atoms with E-state index in [0.29, 0.717) is 35.2 Å². The van der Waals surface area contributed by atoms with Crippen LogP contribution in [0.2, 0.25) is 0 Å². The van der Waals surface area contributed by atoms with E-state index in [0.717, 1.165) is 16.9 Å². The Morgan fingerprint density at radius 2 is 2.03 bits per heavy atom. The quantitative estimate of drug-likeness (QED) is 0.330. The lowest BCUT2D eigenvalue weighted by atomic mass is 9.85. The molecule has 2 aromatic heterocycles. The number of fused-ring (bicyclic) bond motifs is 1. The van der Waals surface area contributed by atoms with Gasteiger partial charge in [0.25, 0.3) is 5.91 Å². The van der Waals surface area contributed by atoms with Crippen molar-refractivity contribution in [3.63, 3.8) is 0 Å². The van der Waals surface area contributed by atoms with Crippen LogP contribution in [-0.2, 0) is 5.41 Å². The number of aliphatic hydroxyl groups excluding tert-OH is 2. The summed E-state index contributed by atoms with van der Waals surface area (Å²) in [4.78, 5) is 26.0. The van der Waals surface area contributed by atoms with Crippen LogP contribution in [0.25, 0.3) is 11.3 Å². The molecule has 1 aliphatic heterocycles. The second-order valence-electron chi connectivity index (χ2n) is 9.49. The van der Waals surface area contributed by atoms with E-state index in [1.165, 1.54) is 7.11 Å². The van der Waals surface area contributed by atoms with Gasteiger partial charge < -0.3 is 30.9 Å². The molecule has 5 N–H and O–H groups in total. The number of carbonyl (C=O) groups is 1. The Labute approximate surface area is 203 Å². The first-order valence-electron chi connectivity index (χ1n) is 11.3. The molecule has 0 bridgehead atoms. The predicted octanol–water partition coefficient (Wildman–Crippen LogP) is 2.47. The summed E-state index contributed by atoms with van der Waals surface area (Å²) in [6.45, 7) is 5.92. The van der Waals surface area contributed by atoms with Crippen LogP contribution in [-0.4, -0.2) is 63.5 Å². The summed E-state index contributed by atoms with van der Waals surface area (Å²) in [5.74, 6) is 1.25. The van der Waals surface area contributed by atoms with Gasteiger partial charge in [-0.15, -0.1) is 0 Å². The lowest BCUT2D eigenvalue weighted by Gasteiger charge is -2.23. The van der Waals surface area contributed by atoms with Gasteiger partial charge in [-0.05, 0) is 44.2 Å². The predicted molar refractivity (Wildman–Crippen MR) is 133 cm³/mol. The molecular formula is C25H30N6O4. The third-order valence-corrected chi connectivity index (χ3v) is 6.04. The van der Waals surface area contributed by atoms with Gasteiger partial charge in [-0.3, -0.25) is 4.79 Å². The third-order valence-electron chi connectivity index (χ3n) is 6.04. The highest BCUT2D eigenvalue weighted by atomic mass is 16.5. The van der Waals surface area contributed by atoms with Gasteiger partial charge in [0.05, 0.1) is 37.2 Å². The van der Waals surface area contributed by atoms with Crippen LogP contribution < -0.4 is 20.7 Å². The van der Waals surface area contributed by atoms with E-state index in [1.807, 2.05) is 13.0 Å². The van der Waals surface area contributed by atoms with Crippen LogP contribution in [0, 0.1) is 0 Å². The van der Waals surface area contributed by atoms with Gasteiger partial charge in [-0.2, -0.15) is 0 Å². The SMILES string of the molecule is COc1cc(C(=O)NC(C)(C)CO)ccc1Nc1nccc(-c2cnc3c(c2)C(C)(CO)CN3)n1. The first-order valence-corrected chi connectivity index (χ1v) is 11.3. The fourth-order valence-corrected chi connectivity index (χ4v) is 3.78. The molecule has 0 spiro atoms. The topological polar surface area (TPSA) is 142 Å². The standard InChI is InChI=1S/C25H30N6O4/c1-24(2,13-32)31-22(34)15-5-6-19(20(10-15)35-4)30-23-26-8-7-18(29-23)16-9-17-21(27-11-16)28-12-25(17,3)14-33/h5-11,32-33H,12-14H2,1-4H3,(H,27,28)(H,31,34)(H,26,29,30). The fourth-order valence-electron chi connectivity index (χ4n) is 3.78. The van der Waals surface area contributed by atoms with Gasteiger partial charge in [0, 0.05) is 41.0 Å². The molecule has 1 unspecified atom stereocenters. The minimum atomic E-state index is -0.743. The molecule has 184 valence electrons. The third kappa shape index (κ3) is 5.03. The van der Waals surface area contributed by atoms with Gasteiger partial charge >= 0.3 is 0 Å². The number of hydrogen-bond acceptors (Lipinski definition) is 9. The van der Waals surface area contributed by atoms with Gasteiger partial charge in [0.2, 0.25) is 5.95 Å². The number of anilines is 3.